The maximum atomic E-state index is 12.0. The maximum Gasteiger partial charge on any atom is 0.251 e. The Morgan fingerprint density at radius 3 is 2.80 bits per heavy atom. The van der Waals surface area contributed by atoms with E-state index in [4.69, 9.17) is 0 Å². The standard InChI is InChI=1S/C14H15N5O/c1-10(11-7-15-8-11)14(20)18-12-3-4-13(16-9-12)19-6-2-5-17-19/h2-6,9,15H,7-8H2,1H3,(H,18,20). The molecule has 0 radical (unpaired) electrons. The van der Waals surface area contributed by atoms with Crippen molar-refractivity contribution in [3.05, 3.63) is 47.9 Å². The molecular weight excluding hydrogens is 254 g/mol. The molecule has 6 nitrogen and oxygen atoms in total. The van der Waals surface area contributed by atoms with Crippen molar-refractivity contribution in [1.29, 1.82) is 0 Å². The van der Waals surface area contributed by atoms with E-state index in [1.54, 1.807) is 17.1 Å². The smallest absolute Gasteiger partial charge is 0.251 e. The monoisotopic (exact) mass is 269 g/mol. The lowest BCUT2D eigenvalue weighted by molar-refractivity contribution is -0.112. The van der Waals surface area contributed by atoms with Gasteiger partial charge >= 0.3 is 0 Å². The maximum absolute atomic E-state index is 12.0. The summed E-state index contributed by atoms with van der Waals surface area (Å²) in [6, 6.07) is 5.47. The Morgan fingerprint density at radius 1 is 1.40 bits per heavy atom. The van der Waals surface area contributed by atoms with E-state index in [1.165, 1.54) is 0 Å². The fourth-order valence-corrected chi connectivity index (χ4v) is 1.90. The molecule has 1 aliphatic heterocycles. The van der Waals surface area contributed by atoms with Crippen LogP contribution in [0.25, 0.3) is 5.82 Å². The minimum Gasteiger partial charge on any atom is -0.321 e. The zero-order valence-corrected chi connectivity index (χ0v) is 11.1. The lowest BCUT2D eigenvalue weighted by atomic mass is 10.0. The van der Waals surface area contributed by atoms with E-state index in [0.717, 1.165) is 24.2 Å². The fraction of sp³-hybridized carbons (Fsp3) is 0.214. The highest BCUT2D eigenvalue weighted by Gasteiger charge is 2.16. The number of hydrogen-bond acceptors (Lipinski definition) is 4. The molecule has 1 saturated heterocycles. The Kier molecular flexibility index (Phi) is 3.30. The second kappa shape index (κ2) is 5.26. The lowest BCUT2D eigenvalue weighted by Crippen LogP contribution is -2.36. The van der Waals surface area contributed by atoms with Crippen molar-refractivity contribution < 1.29 is 4.79 Å². The van der Waals surface area contributed by atoms with Crippen molar-refractivity contribution in [2.45, 2.75) is 6.92 Å². The van der Waals surface area contributed by atoms with Gasteiger partial charge in [-0.3, -0.25) is 4.79 Å². The van der Waals surface area contributed by atoms with Crippen molar-refractivity contribution in [2.75, 3.05) is 18.4 Å². The quantitative estimate of drug-likeness (QED) is 0.819. The van der Waals surface area contributed by atoms with Crippen LogP contribution in [0.3, 0.4) is 0 Å². The fourth-order valence-electron chi connectivity index (χ4n) is 1.90. The Balaban J connectivity index is 1.71. The summed E-state index contributed by atoms with van der Waals surface area (Å²) in [5.74, 6) is 0.640. The molecule has 2 aromatic heterocycles. The van der Waals surface area contributed by atoms with Crippen LogP contribution in [0.2, 0.25) is 0 Å². The molecule has 2 N–H and O–H groups in total. The topological polar surface area (TPSA) is 71.8 Å². The molecular formula is C14H15N5O. The largest absolute Gasteiger partial charge is 0.321 e. The summed E-state index contributed by atoms with van der Waals surface area (Å²) < 4.78 is 1.67. The highest BCUT2D eigenvalue weighted by atomic mass is 16.1. The number of rotatable bonds is 3. The highest BCUT2D eigenvalue weighted by Crippen LogP contribution is 2.13. The summed E-state index contributed by atoms with van der Waals surface area (Å²) in [5.41, 5.74) is 2.61. The van der Waals surface area contributed by atoms with Crippen LogP contribution >= 0.6 is 0 Å². The molecule has 0 saturated carbocycles. The Morgan fingerprint density at radius 2 is 2.25 bits per heavy atom. The van der Waals surface area contributed by atoms with Crippen LogP contribution < -0.4 is 10.6 Å². The summed E-state index contributed by atoms with van der Waals surface area (Å²) in [6.07, 6.45) is 5.14. The molecule has 102 valence electrons. The summed E-state index contributed by atoms with van der Waals surface area (Å²) in [6.45, 7) is 3.45. The van der Waals surface area contributed by atoms with Crippen molar-refractivity contribution in [3.63, 3.8) is 0 Å². The third kappa shape index (κ3) is 2.46. The van der Waals surface area contributed by atoms with Gasteiger partial charge in [0.15, 0.2) is 5.82 Å². The third-order valence-corrected chi connectivity index (χ3v) is 3.29. The number of carbonyl (C=O) groups is 1. The van der Waals surface area contributed by atoms with Crippen molar-refractivity contribution >= 4 is 11.6 Å². The first-order valence-electron chi connectivity index (χ1n) is 6.41. The van der Waals surface area contributed by atoms with Gasteiger partial charge in [0.25, 0.3) is 5.91 Å². The van der Waals surface area contributed by atoms with Gasteiger partial charge in [0, 0.05) is 31.1 Å². The Hall–Kier alpha value is -2.47. The van der Waals surface area contributed by atoms with Gasteiger partial charge in [0.1, 0.15) is 0 Å². The molecule has 0 spiro atoms. The van der Waals surface area contributed by atoms with Crippen LogP contribution in [-0.2, 0) is 4.79 Å². The molecule has 0 atom stereocenters. The number of nitrogens with zero attached hydrogens (tertiary/aromatic N) is 3. The van der Waals surface area contributed by atoms with Crippen LogP contribution in [0, 0.1) is 0 Å². The minimum absolute atomic E-state index is 0.0739. The molecule has 1 fully saturated rings. The molecule has 6 heteroatoms. The van der Waals surface area contributed by atoms with Gasteiger partial charge < -0.3 is 10.6 Å². The van der Waals surface area contributed by atoms with Gasteiger partial charge in [-0.25, -0.2) is 9.67 Å². The second-order valence-electron chi connectivity index (χ2n) is 4.64. The van der Waals surface area contributed by atoms with Gasteiger partial charge in [-0.2, -0.15) is 5.10 Å². The summed E-state index contributed by atoms with van der Waals surface area (Å²) in [5, 5.41) is 10.1. The molecule has 1 amide bonds. The Bertz CT molecular complexity index is 637. The van der Waals surface area contributed by atoms with Gasteiger partial charge in [0.05, 0.1) is 11.9 Å². The van der Waals surface area contributed by atoms with E-state index in [2.05, 4.69) is 20.7 Å². The van der Waals surface area contributed by atoms with Crippen molar-refractivity contribution in [3.8, 4) is 5.82 Å². The van der Waals surface area contributed by atoms with E-state index in [9.17, 15) is 4.79 Å². The molecule has 0 aromatic carbocycles. The third-order valence-electron chi connectivity index (χ3n) is 3.29. The first kappa shape index (κ1) is 12.6. The number of anilines is 1. The van der Waals surface area contributed by atoms with E-state index in [1.807, 2.05) is 31.3 Å². The highest BCUT2D eigenvalue weighted by molar-refractivity contribution is 6.04. The van der Waals surface area contributed by atoms with Crippen LogP contribution in [0.5, 0.6) is 0 Å². The molecule has 20 heavy (non-hydrogen) atoms. The van der Waals surface area contributed by atoms with Crippen LogP contribution in [0.1, 0.15) is 6.92 Å². The van der Waals surface area contributed by atoms with Crippen LogP contribution in [0.15, 0.2) is 47.9 Å². The van der Waals surface area contributed by atoms with Crippen LogP contribution in [-0.4, -0.2) is 33.8 Å². The van der Waals surface area contributed by atoms with E-state index < -0.39 is 0 Å². The number of nitrogens with one attached hydrogen (secondary N) is 2. The summed E-state index contributed by atoms with van der Waals surface area (Å²) in [7, 11) is 0. The zero-order chi connectivity index (χ0) is 13.9. The summed E-state index contributed by atoms with van der Waals surface area (Å²) >= 11 is 0. The Labute approximate surface area is 116 Å². The average Bonchev–Trinajstić information content (AvgIpc) is 2.91. The second-order valence-corrected chi connectivity index (χ2v) is 4.64. The predicted octanol–water partition coefficient (Wildman–Crippen LogP) is 1.13. The van der Waals surface area contributed by atoms with Gasteiger partial charge in [-0.15, -0.1) is 0 Å². The zero-order valence-electron chi connectivity index (χ0n) is 11.1. The minimum atomic E-state index is -0.0739. The lowest BCUT2D eigenvalue weighted by Gasteiger charge is -2.21. The van der Waals surface area contributed by atoms with E-state index in [0.29, 0.717) is 11.5 Å². The number of amides is 1. The van der Waals surface area contributed by atoms with Gasteiger partial charge in [0.2, 0.25) is 0 Å². The number of carbonyl (C=O) groups excluding carboxylic acids is 1. The molecule has 0 aliphatic carbocycles. The van der Waals surface area contributed by atoms with Crippen LogP contribution in [0.4, 0.5) is 5.69 Å². The SMILES string of the molecule is CC(C(=O)Nc1ccc(-n2cccn2)nc1)=C1CNC1. The van der Waals surface area contributed by atoms with E-state index >= 15 is 0 Å². The molecule has 3 rings (SSSR count). The molecule has 0 unspecified atom stereocenters. The average molecular weight is 269 g/mol. The summed E-state index contributed by atoms with van der Waals surface area (Å²) in [4.78, 5) is 16.3. The van der Waals surface area contributed by atoms with Crippen molar-refractivity contribution in [2.24, 2.45) is 0 Å². The molecule has 3 heterocycles. The first-order valence-corrected chi connectivity index (χ1v) is 6.41. The molecule has 2 aromatic rings. The normalized spacial score (nSPS) is 13.8. The van der Waals surface area contributed by atoms with Crippen molar-refractivity contribution in [1.82, 2.24) is 20.1 Å². The molecule has 0 bridgehead atoms. The van der Waals surface area contributed by atoms with Gasteiger partial charge in [-0.1, -0.05) is 0 Å². The number of pyridine rings is 1. The first-order chi connectivity index (χ1) is 9.74. The number of aromatic nitrogens is 3. The van der Waals surface area contributed by atoms with Gasteiger partial charge in [-0.05, 0) is 30.7 Å². The van der Waals surface area contributed by atoms with E-state index in [-0.39, 0.29) is 5.91 Å². The molecule has 1 aliphatic rings. The number of hydrogen-bond donors (Lipinski definition) is 2. The predicted molar refractivity (Wildman–Crippen MR) is 75.6 cm³/mol.